The fraction of sp³-hybridized carbons (Fsp3) is 0.200. The number of para-hydroxylation sites is 2. The Balaban J connectivity index is 2.00. The first kappa shape index (κ1) is 12.5. The van der Waals surface area contributed by atoms with Gasteiger partial charge in [0.05, 0.1) is 0 Å². The molecule has 2 aromatic rings. The van der Waals surface area contributed by atoms with Crippen molar-refractivity contribution >= 4 is 0 Å². The molecule has 0 saturated heterocycles. The van der Waals surface area contributed by atoms with Crippen molar-refractivity contribution in [2.24, 2.45) is 0 Å². The van der Waals surface area contributed by atoms with Gasteiger partial charge in [-0.25, -0.2) is 0 Å². The molecule has 0 radical (unpaired) electrons. The van der Waals surface area contributed by atoms with Crippen LogP contribution in [-0.4, -0.2) is 16.8 Å². The number of hydrogen-bond acceptors (Lipinski definition) is 3. The lowest BCUT2D eigenvalue weighted by molar-refractivity contribution is 0.106. The molecule has 1 atom stereocenters. The number of ether oxygens (including phenoxy) is 1. The molecule has 3 nitrogen and oxygen atoms in total. The van der Waals surface area contributed by atoms with Crippen molar-refractivity contribution < 1.29 is 14.9 Å². The Morgan fingerprint density at radius 3 is 2.61 bits per heavy atom. The van der Waals surface area contributed by atoms with Gasteiger partial charge in [0, 0.05) is 0 Å². The molecular weight excluding hydrogens is 228 g/mol. The number of hydrogen-bond donors (Lipinski definition) is 2. The van der Waals surface area contributed by atoms with Gasteiger partial charge in [-0.2, -0.15) is 0 Å². The number of aliphatic hydroxyl groups excluding tert-OH is 1. The van der Waals surface area contributed by atoms with Crippen molar-refractivity contribution in [1.29, 1.82) is 0 Å². The first-order chi connectivity index (χ1) is 8.66. The summed E-state index contributed by atoms with van der Waals surface area (Å²) in [5.41, 5.74) is 1.90. The molecule has 0 spiro atoms. The van der Waals surface area contributed by atoms with E-state index in [1.165, 1.54) is 0 Å². The van der Waals surface area contributed by atoms with Gasteiger partial charge < -0.3 is 14.9 Å². The van der Waals surface area contributed by atoms with Crippen molar-refractivity contribution in [3.8, 4) is 11.5 Å². The Bertz CT molecular complexity index is 523. The zero-order chi connectivity index (χ0) is 13.0. The van der Waals surface area contributed by atoms with Crippen molar-refractivity contribution in [3.63, 3.8) is 0 Å². The summed E-state index contributed by atoms with van der Waals surface area (Å²) >= 11 is 0. The zero-order valence-electron chi connectivity index (χ0n) is 10.2. The Labute approximate surface area is 106 Å². The van der Waals surface area contributed by atoms with Crippen molar-refractivity contribution in [2.75, 3.05) is 6.61 Å². The van der Waals surface area contributed by atoms with Crippen LogP contribution in [0.1, 0.15) is 17.2 Å². The Hall–Kier alpha value is -2.00. The summed E-state index contributed by atoms with van der Waals surface area (Å²) in [6.45, 7) is 2.08. The van der Waals surface area contributed by atoms with Gasteiger partial charge in [0.1, 0.15) is 12.7 Å². The molecule has 0 aromatic heterocycles. The van der Waals surface area contributed by atoms with Gasteiger partial charge in [-0.3, -0.25) is 0 Å². The highest BCUT2D eigenvalue weighted by Crippen LogP contribution is 2.25. The molecule has 0 bridgehead atoms. The average Bonchev–Trinajstić information content (AvgIpc) is 2.37. The van der Waals surface area contributed by atoms with E-state index in [-0.39, 0.29) is 12.4 Å². The van der Waals surface area contributed by atoms with Crippen molar-refractivity contribution in [2.45, 2.75) is 13.0 Å². The first-order valence-electron chi connectivity index (χ1n) is 5.82. The number of phenolic OH excluding ortho intramolecular Hbond substituents is 1. The van der Waals surface area contributed by atoms with Gasteiger partial charge in [0.25, 0.3) is 0 Å². The number of aryl methyl sites for hydroxylation is 1. The summed E-state index contributed by atoms with van der Waals surface area (Å²) < 4.78 is 5.39. The lowest BCUT2D eigenvalue weighted by Crippen LogP contribution is -2.09. The summed E-state index contributed by atoms with van der Waals surface area (Å²) in [7, 11) is 0. The molecular formula is C15H16O3. The van der Waals surface area contributed by atoms with E-state index < -0.39 is 6.10 Å². The van der Waals surface area contributed by atoms with E-state index in [1.807, 2.05) is 31.2 Å². The van der Waals surface area contributed by atoms with Crippen LogP contribution in [0.5, 0.6) is 11.5 Å². The lowest BCUT2D eigenvalue weighted by Gasteiger charge is -2.13. The van der Waals surface area contributed by atoms with Crippen LogP contribution in [0.15, 0.2) is 48.5 Å². The van der Waals surface area contributed by atoms with Gasteiger partial charge in [0.15, 0.2) is 11.5 Å². The van der Waals surface area contributed by atoms with E-state index in [0.29, 0.717) is 5.75 Å². The maximum absolute atomic E-state index is 9.99. The molecule has 0 amide bonds. The molecule has 0 aliphatic carbocycles. The van der Waals surface area contributed by atoms with E-state index in [2.05, 4.69) is 0 Å². The van der Waals surface area contributed by atoms with Crippen LogP contribution >= 0.6 is 0 Å². The number of phenols is 1. The molecule has 0 saturated carbocycles. The minimum absolute atomic E-state index is 0.0777. The molecule has 0 heterocycles. The third-order valence-electron chi connectivity index (χ3n) is 2.69. The van der Waals surface area contributed by atoms with Crippen LogP contribution < -0.4 is 4.74 Å². The standard InChI is InChI=1S/C15H16O3/c1-11-5-4-6-12(9-11)14(17)10-18-15-8-3-2-7-13(15)16/h2-9,14,16-17H,10H2,1H3. The van der Waals surface area contributed by atoms with Crippen LogP contribution in [-0.2, 0) is 0 Å². The number of aromatic hydroxyl groups is 1. The summed E-state index contributed by atoms with van der Waals surface area (Å²) in [5, 5.41) is 19.5. The SMILES string of the molecule is Cc1cccc(C(O)COc2ccccc2O)c1. The number of benzene rings is 2. The van der Waals surface area contributed by atoms with Crippen molar-refractivity contribution in [1.82, 2.24) is 0 Å². The van der Waals surface area contributed by atoms with E-state index >= 15 is 0 Å². The van der Waals surface area contributed by atoms with Gasteiger partial charge in [-0.05, 0) is 24.6 Å². The highest BCUT2D eigenvalue weighted by Gasteiger charge is 2.09. The van der Waals surface area contributed by atoms with Crippen LogP contribution in [0.2, 0.25) is 0 Å². The molecule has 0 aliphatic rings. The highest BCUT2D eigenvalue weighted by atomic mass is 16.5. The van der Waals surface area contributed by atoms with Gasteiger partial charge in [-0.15, -0.1) is 0 Å². The summed E-state index contributed by atoms with van der Waals surface area (Å²) in [4.78, 5) is 0. The van der Waals surface area contributed by atoms with E-state index in [4.69, 9.17) is 4.74 Å². The molecule has 0 fully saturated rings. The molecule has 94 valence electrons. The van der Waals surface area contributed by atoms with Crippen molar-refractivity contribution in [3.05, 3.63) is 59.7 Å². The molecule has 1 unspecified atom stereocenters. The minimum Gasteiger partial charge on any atom is -0.504 e. The molecule has 0 aliphatic heterocycles. The van der Waals surface area contributed by atoms with Gasteiger partial charge >= 0.3 is 0 Å². The smallest absolute Gasteiger partial charge is 0.161 e. The summed E-state index contributed by atoms with van der Waals surface area (Å²) in [5.74, 6) is 0.457. The normalized spacial score (nSPS) is 12.1. The molecule has 2 N–H and O–H groups in total. The average molecular weight is 244 g/mol. The third-order valence-corrected chi connectivity index (χ3v) is 2.69. The topological polar surface area (TPSA) is 49.7 Å². The largest absolute Gasteiger partial charge is 0.504 e. The molecule has 2 aromatic carbocycles. The fourth-order valence-electron chi connectivity index (χ4n) is 1.72. The van der Waals surface area contributed by atoms with Crippen LogP contribution in [0.4, 0.5) is 0 Å². The minimum atomic E-state index is -0.704. The lowest BCUT2D eigenvalue weighted by atomic mass is 10.1. The summed E-state index contributed by atoms with van der Waals surface area (Å²) in [6, 6.07) is 14.3. The van der Waals surface area contributed by atoms with E-state index in [0.717, 1.165) is 11.1 Å². The number of aliphatic hydroxyl groups is 1. The predicted molar refractivity (Wildman–Crippen MR) is 69.7 cm³/mol. The third kappa shape index (κ3) is 3.02. The molecule has 2 rings (SSSR count). The fourth-order valence-corrected chi connectivity index (χ4v) is 1.72. The Morgan fingerprint density at radius 1 is 1.11 bits per heavy atom. The maximum atomic E-state index is 9.99. The Morgan fingerprint density at radius 2 is 1.89 bits per heavy atom. The second kappa shape index (κ2) is 5.56. The first-order valence-corrected chi connectivity index (χ1v) is 5.82. The molecule has 18 heavy (non-hydrogen) atoms. The van der Waals surface area contributed by atoms with E-state index in [9.17, 15) is 10.2 Å². The van der Waals surface area contributed by atoms with E-state index in [1.54, 1.807) is 24.3 Å². The maximum Gasteiger partial charge on any atom is 0.161 e. The Kier molecular flexibility index (Phi) is 3.85. The monoisotopic (exact) mass is 244 g/mol. The second-order valence-corrected chi connectivity index (χ2v) is 4.21. The van der Waals surface area contributed by atoms with Gasteiger partial charge in [-0.1, -0.05) is 42.0 Å². The van der Waals surface area contributed by atoms with Gasteiger partial charge in [0.2, 0.25) is 0 Å². The number of rotatable bonds is 4. The van der Waals surface area contributed by atoms with Crippen LogP contribution in [0.25, 0.3) is 0 Å². The van der Waals surface area contributed by atoms with Crippen LogP contribution in [0, 0.1) is 6.92 Å². The predicted octanol–water partition coefficient (Wildman–Crippen LogP) is 2.81. The zero-order valence-corrected chi connectivity index (χ0v) is 10.2. The second-order valence-electron chi connectivity index (χ2n) is 4.21. The quantitative estimate of drug-likeness (QED) is 0.869. The summed E-state index contributed by atoms with van der Waals surface area (Å²) in [6.07, 6.45) is -0.704. The van der Waals surface area contributed by atoms with Crippen LogP contribution in [0.3, 0.4) is 0 Å². The highest BCUT2D eigenvalue weighted by molar-refractivity contribution is 5.38. The molecule has 3 heteroatoms.